The zero-order valence-corrected chi connectivity index (χ0v) is 8.59. The summed E-state index contributed by atoms with van der Waals surface area (Å²) in [6, 6.07) is 0. The Morgan fingerprint density at radius 2 is 1.73 bits per heavy atom. The monoisotopic (exact) mass is 154 g/mol. The number of allylic oxidation sites excluding steroid dienone is 2. The second-order valence-corrected chi connectivity index (χ2v) is 3.70. The van der Waals surface area contributed by atoms with Crippen molar-refractivity contribution in [1.82, 2.24) is 0 Å². The summed E-state index contributed by atoms with van der Waals surface area (Å²) in [5, 5.41) is 0. The van der Waals surface area contributed by atoms with E-state index in [1.807, 2.05) is 0 Å². The Hall–Kier alpha value is -0.260. The third-order valence-corrected chi connectivity index (χ3v) is 2.64. The molecule has 0 spiro atoms. The molecule has 0 saturated carbocycles. The molecular weight excluding hydrogens is 132 g/mol. The van der Waals surface area contributed by atoms with Gasteiger partial charge in [-0.1, -0.05) is 39.8 Å². The molecule has 0 radical (unpaired) electrons. The predicted octanol–water partition coefficient (Wildman–Crippen LogP) is 3.88. The topological polar surface area (TPSA) is 0 Å². The quantitative estimate of drug-likeness (QED) is 0.539. The molecule has 0 N–H and O–H groups in total. The summed E-state index contributed by atoms with van der Waals surface area (Å²) in [6.45, 7) is 11.3. The van der Waals surface area contributed by atoms with Crippen molar-refractivity contribution in [3.63, 3.8) is 0 Å². The zero-order valence-electron chi connectivity index (χ0n) is 8.59. The first-order valence-electron chi connectivity index (χ1n) is 4.76. The largest absolute Gasteiger partial charge is 0.0914 e. The Labute approximate surface area is 71.7 Å². The lowest BCUT2D eigenvalue weighted by molar-refractivity contribution is 0.317. The summed E-state index contributed by atoms with van der Waals surface area (Å²) in [7, 11) is 0. The lowest BCUT2D eigenvalue weighted by Gasteiger charge is -2.22. The van der Waals surface area contributed by atoms with Gasteiger partial charge in [0.05, 0.1) is 0 Å². The van der Waals surface area contributed by atoms with E-state index >= 15 is 0 Å². The highest BCUT2D eigenvalue weighted by atomic mass is 14.2. The van der Waals surface area contributed by atoms with Crippen LogP contribution in [0.1, 0.15) is 41.0 Å². The summed E-state index contributed by atoms with van der Waals surface area (Å²) in [6.07, 6.45) is 5.78. The summed E-state index contributed by atoms with van der Waals surface area (Å²) in [5.41, 5.74) is 0. The van der Waals surface area contributed by atoms with Gasteiger partial charge in [0, 0.05) is 0 Å². The second-order valence-electron chi connectivity index (χ2n) is 3.70. The smallest absolute Gasteiger partial charge is 0.0208 e. The first-order valence-corrected chi connectivity index (χ1v) is 4.76. The van der Waals surface area contributed by atoms with E-state index in [9.17, 15) is 0 Å². The molecule has 0 aromatic carbocycles. The van der Waals surface area contributed by atoms with Crippen molar-refractivity contribution < 1.29 is 0 Å². The molecule has 66 valence electrons. The Balaban J connectivity index is 4.02. The molecule has 0 nitrogen and oxygen atoms in total. The molecule has 0 aromatic heterocycles. The van der Waals surface area contributed by atoms with Crippen molar-refractivity contribution in [1.29, 1.82) is 0 Å². The Kier molecular flexibility index (Phi) is 5.27. The lowest BCUT2D eigenvalue weighted by atomic mass is 9.83. The summed E-state index contributed by atoms with van der Waals surface area (Å²) < 4.78 is 0. The molecule has 0 bridgehead atoms. The van der Waals surface area contributed by atoms with Crippen LogP contribution < -0.4 is 0 Å². The fraction of sp³-hybridized carbons (Fsp3) is 0.818. The van der Waals surface area contributed by atoms with Crippen molar-refractivity contribution in [2.45, 2.75) is 41.0 Å². The van der Waals surface area contributed by atoms with Crippen LogP contribution >= 0.6 is 0 Å². The molecule has 0 aliphatic carbocycles. The Bertz CT molecular complexity index is 111. The van der Waals surface area contributed by atoms with Gasteiger partial charge in [-0.05, 0) is 31.1 Å². The van der Waals surface area contributed by atoms with E-state index in [0.717, 1.165) is 17.8 Å². The molecule has 0 rings (SSSR count). The Morgan fingerprint density at radius 3 is 2.00 bits per heavy atom. The third kappa shape index (κ3) is 3.60. The van der Waals surface area contributed by atoms with Gasteiger partial charge in [0.1, 0.15) is 0 Å². The highest BCUT2D eigenvalue weighted by Gasteiger charge is 2.14. The molecule has 2 unspecified atom stereocenters. The fourth-order valence-electron chi connectivity index (χ4n) is 1.42. The van der Waals surface area contributed by atoms with Crippen LogP contribution in [0.5, 0.6) is 0 Å². The van der Waals surface area contributed by atoms with Crippen LogP contribution in [0.15, 0.2) is 12.2 Å². The van der Waals surface area contributed by atoms with E-state index in [1.165, 1.54) is 6.42 Å². The lowest BCUT2D eigenvalue weighted by Crippen LogP contribution is -2.14. The summed E-state index contributed by atoms with van der Waals surface area (Å²) in [4.78, 5) is 0. The molecule has 0 aromatic rings. The molecule has 0 aliphatic heterocycles. The van der Waals surface area contributed by atoms with E-state index in [2.05, 4.69) is 46.8 Å². The molecule has 2 atom stereocenters. The first-order chi connectivity index (χ1) is 5.13. The maximum absolute atomic E-state index is 2.35. The third-order valence-electron chi connectivity index (χ3n) is 2.64. The van der Waals surface area contributed by atoms with Gasteiger partial charge in [-0.2, -0.15) is 0 Å². The average molecular weight is 154 g/mol. The van der Waals surface area contributed by atoms with Crippen LogP contribution in [0.4, 0.5) is 0 Å². The van der Waals surface area contributed by atoms with Crippen LogP contribution in [0.25, 0.3) is 0 Å². The van der Waals surface area contributed by atoms with Crippen molar-refractivity contribution in [2.75, 3.05) is 0 Å². The molecule has 0 aliphatic rings. The van der Waals surface area contributed by atoms with Crippen molar-refractivity contribution >= 4 is 0 Å². The minimum absolute atomic E-state index is 0.778. The van der Waals surface area contributed by atoms with Crippen LogP contribution in [-0.2, 0) is 0 Å². The normalized spacial score (nSPS) is 17.6. The van der Waals surface area contributed by atoms with Crippen LogP contribution in [0.2, 0.25) is 0 Å². The fourth-order valence-corrected chi connectivity index (χ4v) is 1.42. The maximum atomic E-state index is 2.35. The molecule has 0 heterocycles. The Morgan fingerprint density at radius 1 is 1.18 bits per heavy atom. The van der Waals surface area contributed by atoms with Crippen LogP contribution in [-0.4, -0.2) is 0 Å². The van der Waals surface area contributed by atoms with Crippen LogP contribution in [0, 0.1) is 17.8 Å². The van der Waals surface area contributed by atoms with Gasteiger partial charge >= 0.3 is 0 Å². The highest BCUT2D eigenvalue weighted by Crippen LogP contribution is 2.23. The van der Waals surface area contributed by atoms with Gasteiger partial charge in [-0.3, -0.25) is 0 Å². The molecule has 0 saturated heterocycles. The van der Waals surface area contributed by atoms with E-state index < -0.39 is 0 Å². The minimum atomic E-state index is 0.778. The highest BCUT2D eigenvalue weighted by molar-refractivity contribution is 4.88. The van der Waals surface area contributed by atoms with Crippen molar-refractivity contribution in [3.8, 4) is 0 Å². The molecule has 0 amide bonds. The molecule has 11 heavy (non-hydrogen) atoms. The van der Waals surface area contributed by atoms with Gasteiger partial charge < -0.3 is 0 Å². The van der Waals surface area contributed by atoms with Crippen molar-refractivity contribution in [3.05, 3.63) is 12.2 Å². The second kappa shape index (κ2) is 5.40. The van der Waals surface area contributed by atoms with E-state index in [-0.39, 0.29) is 0 Å². The summed E-state index contributed by atoms with van der Waals surface area (Å²) in [5.74, 6) is 2.40. The van der Waals surface area contributed by atoms with E-state index in [0.29, 0.717) is 0 Å². The molecule has 0 heteroatoms. The minimum Gasteiger partial charge on any atom is -0.0914 e. The SMILES string of the molecule is CC=CC(CC)C(C)C(C)C. The van der Waals surface area contributed by atoms with E-state index in [1.54, 1.807) is 0 Å². The van der Waals surface area contributed by atoms with Gasteiger partial charge in [0.15, 0.2) is 0 Å². The number of rotatable bonds is 4. The van der Waals surface area contributed by atoms with Gasteiger partial charge in [-0.15, -0.1) is 0 Å². The standard InChI is InChI=1S/C11H22/c1-6-8-11(7-2)10(5)9(3)4/h6,8-11H,7H2,1-5H3. The van der Waals surface area contributed by atoms with Crippen LogP contribution in [0.3, 0.4) is 0 Å². The zero-order chi connectivity index (χ0) is 8.85. The van der Waals surface area contributed by atoms with Gasteiger partial charge in [0.25, 0.3) is 0 Å². The van der Waals surface area contributed by atoms with Gasteiger partial charge in [-0.25, -0.2) is 0 Å². The molecule has 0 fully saturated rings. The van der Waals surface area contributed by atoms with Gasteiger partial charge in [0.2, 0.25) is 0 Å². The number of hydrogen-bond donors (Lipinski definition) is 0. The maximum Gasteiger partial charge on any atom is -0.0208 e. The van der Waals surface area contributed by atoms with E-state index in [4.69, 9.17) is 0 Å². The predicted molar refractivity (Wildman–Crippen MR) is 52.6 cm³/mol. The molecular formula is C11H22. The summed E-state index contributed by atoms with van der Waals surface area (Å²) >= 11 is 0. The average Bonchev–Trinajstić information content (AvgIpc) is 1.98. The van der Waals surface area contributed by atoms with Crippen molar-refractivity contribution in [2.24, 2.45) is 17.8 Å². The first kappa shape index (κ1) is 10.7. The number of hydrogen-bond acceptors (Lipinski definition) is 0.